The highest BCUT2D eigenvalue weighted by Crippen LogP contribution is 2.25. The van der Waals surface area contributed by atoms with Gasteiger partial charge in [-0.15, -0.1) is 0 Å². The normalized spacial score (nSPS) is 10.6. The van der Waals surface area contributed by atoms with Crippen LogP contribution in [0.3, 0.4) is 0 Å². The Kier molecular flexibility index (Phi) is 2.12. The SMILES string of the molecule is O=C(O)c1c(O)c2cc(F)ccc2[nH]c1=O. The van der Waals surface area contributed by atoms with Gasteiger partial charge < -0.3 is 15.2 Å². The zero-order valence-electron chi connectivity index (χ0n) is 7.82. The van der Waals surface area contributed by atoms with Gasteiger partial charge in [0.15, 0.2) is 5.56 Å². The number of halogens is 1. The van der Waals surface area contributed by atoms with Crippen LogP contribution in [-0.4, -0.2) is 21.2 Å². The Labute approximate surface area is 87.8 Å². The molecule has 1 aromatic carbocycles. The summed E-state index contributed by atoms with van der Waals surface area (Å²) in [4.78, 5) is 24.2. The Morgan fingerprint density at radius 1 is 1.38 bits per heavy atom. The van der Waals surface area contributed by atoms with E-state index in [9.17, 15) is 19.1 Å². The number of carbonyl (C=O) groups is 1. The van der Waals surface area contributed by atoms with E-state index in [0.29, 0.717) is 0 Å². The maximum atomic E-state index is 12.9. The molecule has 2 aromatic rings. The van der Waals surface area contributed by atoms with E-state index in [1.807, 2.05) is 0 Å². The summed E-state index contributed by atoms with van der Waals surface area (Å²) in [7, 11) is 0. The van der Waals surface area contributed by atoms with E-state index in [2.05, 4.69) is 4.98 Å². The predicted molar refractivity (Wildman–Crippen MR) is 53.2 cm³/mol. The number of carboxylic acid groups (broad SMARTS) is 1. The molecule has 0 atom stereocenters. The second-order valence-electron chi connectivity index (χ2n) is 3.17. The Bertz CT molecular complexity index is 647. The fourth-order valence-electron chi connectivity index (χ4n) is 1.45. The molecule has 6 heteroatoms. The van der Waals surface area contributed by atoms with E-state index in [1.54, 1.807) is 0 Å². The zero-order chi connectivity index (χ0) is 11.9. The number of hydrogen-bond acceptors (Lipinski definition) is 3. The highest BCUT2D eigenvalue weighted by Gasteiger charge is 2.18. The summed E-state index contributed by atoms with van der Waals surface area (Å²) >= 11 is 0. The van der Waals surface area contributed by atoms with Crippen molar-refractivity contribution < 1.29 is 19.4 Å². The van der Waals surface area contributed by atoms with Crippen molar-refractivity contribution in [1.82, 2.24) is 4.98 Å². The molecule has 0 fully saturated rings. The molecule has 16 heavy (non-hydrogen) atoms. The van der Waals surface area contributed by atoms with Crippen molar-refractivity contribution in [3.63, 3.8) is 0 Å². The average molecular weight is 223 g/mol. The summed E-state index contributed by atoms with van der Waals surface area (Å²) in [5.41, 5.74) is -1.55. The third-order valence-corrected chi connectivity index (χ3v) is 2.16. The van der Waals surface area contributed by atoms with Crippen molar-refractivity contribution in [2.24, 2.45) is 0 Å². The van der Waals surface area contributed by atoms with Crippen molar-refractivity contribution in [2.45, 2.75) is 0 Å². The maximum Gasteiger partial charge on any atom is 0.345 e. The molecule has 0 saturated heterocycles. The van der Waals surface area contributed by atoms with E-state index in [0.717, 1.165) is 12.1 Å². The number of fused-ring (bicyclic) bond motifs is 1. The van der Waals surface area contributed by atoms with E-state index in [1.165, 1.54) is 6.07 Å². The van der Waals surface area contributed by atoms with Crippen LogP contribution < -0.4 is 5.56 Å². The average Bonchev–Trinajstić information content (AvgIpc) is 2.19. The molecule has 0 unspecified atom stereocenters. The van der Waals surface area contributed by atoms with Gasteiger partial charge in [-0.05, 0) is 18.2 Å². The van der Waals surface area contributed by atoms with Crippen LogP contribution in [0, 0.1) is 5.82 Å². The molecule has 0 bridgehead atoms. The van der Waals surface area contributed by atoms with Crippen molar-refractivity contribution in [2.75, 3.05) is 0 Å². The predicted octanol–water partition coefficient (Wildman–Crippen LogP) is 1.07. The lowest BCUT2D eigenvalue weighted by Gasteiger charge is -2.03. The fraction of sp³-hybridized carbons (Fsp3) is 0. The molecule has 82 valence electrons. The number of nitrogens with one attached hydrogen (secondary N) is 1. The van der Waals surface area contributed by atoms with Crippen molar-refractivity contribution in [1.29, 1.82) is 0 Å². The molecular formula is C10H6FNO4. The van der Waals surface area contributed by atoms with E-state index in [4.69, 9.17) is 5.11 Å². The number of rotatable bonds is 1. The first-order chi connectivity index (χ1) is 7.50. The van der Waals surface area contributed by atoms with Crippen LogP contribution in [-0.2, 0) is 0 Å². The second kappa shape index (κ2) is 3.34. The number of pyridine rings is 1. The molecule has 5 nitrogen and oxygen atoms in total. The molecule has 1 aromatic heterocycles. The minimum atomic E-state index is -1.56. The van der Waals surface area contributed by atoms with Crippen LogP contribution in [0.5, 0.6) is 5.75 Å². The van der Waals surface area contributed by atoms with E-state index in [-0.39, 0.29) is 10.9 Å². The van der Waals surface area contributed by atoms with Crippen LogP contribution in [0.25, 0.3) is 10.9 Å². The topological polar surface area (TPSA) is 90.4 Å². The van der Waals surface area contributed by atoms with Gasteiger partial charge in [0, 0.05) is 5.39 Å². The lowest BCUT2D eigenvalue weighted by Crippen LogP contribution is -2.17. The first kappa shape index (κ1) is 10.2. The number of aromatic nitrogens is 1. The Balaban J connectivity index is 2.96. The van der Waals surface area contributed by atoms with Crippen molar-refractivity contribution in [3.05, 3.63) is 39.9 Å². The molecule has 0 aliphatic rings. The molecule has 0 radical (unpaired) electrons. The van der Waals surface area contributed by atoms with Crippen LogP contribution in [0.2, 0.25) is 0 Å². The molecule has 0 aliphatic heterocycles. The molecular weight excluding hydrogens is 217 g/mol. The van der Waals surface area contributed by atoms with Crippen LogP contribution >= 0.6 is 0 Å². The number of aromatic amines is 1. The summed E-state index contributed by atoms with van der Waals surface area (Å²) in [6.07, 6.45) is 0. The number of carboxylic acids is 1. The third kappa shape index (κ3) is 1.40. The van der Waals surface area contributed by atoms with Gasteiger partial charge in [0.25, 0.3) is 5.56 Å². The van der Waals surface area contributed by atoms with Crippen LogP contribution in [0.1, 0.15) is 10.4 Å². The third-order valence-electron chi connectivity index (χ3n) is 2.16. The Morgan fingerprint density at radius 2 is 2.06 bits per heavy atom. The number of hydrogen-bond donors (Lipinski definition) is 3. The van der Waals surface area contributed by atoms with Gasteiger partial charge in [-0.2, -0.15) is 0 Å². The summed E-state index contributed by atoms with van der Waals surface area (Å²) in [5, 5.41) is 18.2. The van der Waals surface area contributed by atoms with Gasteiger partial charge in [0.1, 0.15) is 11.6 Å². The van der Waals surface area contributed by atoms with Gasteiger partial charge in [-0.25, -0.2) is 9.18 Å². The lowest BCUT2D eigenvalue weighted by molar-refractivity contribution is 0.0692. The van der Waals surface area contributed by atoms with Crippen LogP contribution in [0.15, 0.2) is 23.0 Å². The summed E-state index contributed by atoms with van der Waals surface area (Å²) in [6.45, 7) is 0. The smallest absolute Gasteiger partial charge is 0.345 e. The summed E-state index contributed by atoms with van der Waals surface area (Å²) in [6, 6.07) is 3.29. The highest BCUT2D eigenvalue weighted by atomic mass is 19.1. The second-order valence-corrected chi connectivity index (χ2v) is 3.17. The monoisotopic (exact) mass is 223 g/mol. The molecule has 3 N–H and O–H groups in total. The van der Waals surface area contributed by atoms with Crippen molar-refractivity contribution >= 4 is 16.9 Å². The van der Waals surface area contributed by atoms with E-state index < -0.39 is 28.7 Å². The molecule has 0 amide bonds. The standard InChI is InChI=1S/C10H6FNO4/c11-4-1-2-6-5(3-4)8(13)7(10(15)16)9(14)12-6/h1-3H,(H,15,16)(H2,12,13,14). The van der Waals surface area contributed by atoms with Crippen LogP contribution in [0.4, 0.5) is 4.39 Å². The molecule has 0 spiro atoms. The summed E-state index contributed by atoms with van der Waals surface area (Å²) in [5.74, 6) is -2.93. The van der Waals surface area contributed by atoms with Gasteiger partial charge in [-0.1, -0.05) is 0 Å². The van der Waals surface area contributed by atoms with Gasteiger partial charge in [0.2, 0.25) is 0 Å². The zero-order valence-corrected chi connectivity index (χ0v) is 7.82. The number of aromatic hydroxyl groups is 1. The highest BCUT2D eigenvalue weighted by molar-refractivity contribution is 5.98. The number of aromatic carboxylic acids is 1. The molecule has 0 saturated carbocycles. The minimum Gasteiger partial charge on any atom is -0.506 e. The van der Waals surface area contributed by atoms with Gasteiger partial charge in [-0.3, -0.25) is 4.79 Å². The van der Waals surface area contributed by atoms with Gasteiger partial charge >= 0.3 is 5.97 Å². The Hall–Kier alpha value is -2.37. The molecule has 1 heterocycles. The quantitative estimate of drug-likeness (QED) is 0.674. The molecule has 0 aliphatic carbocycles. The van der Waals surface area contributed by atoms with Crippen molar-refractivity contribution in [3.8, 4) is 5.75 Å². The maximum absolute atomic E-state index is 12.9. The summed E-state index contributed by atoms with van der Waals surface area (Å²) < 4.78 is 12.9. The van der Waals surface area contributed by atoms with E-state index >= 15 is 0 Å². The first-order valence-electron chi connectivity index (χ1n) is 4.28. The minimum absolute atomic E-state index is 0.0444. The first-order valence-corrected chi connectivity index (χ1v) is 4.28. The Morgan fingerprint density at radius 3 is 2.69 bits per heavy atom. The molecule has 2 rings (SSSR count). The largest absolute Gasteiger partial charge is 0.506 e. The number of H-pyrrole nitrogens is 1. The van der Waals surface area contributed by atoms with Gasteiger partial charge in [0.05, 0.1) is 5.52 Å². The number of benzene rings is 1. The fourth-order valence-corrected chi connectivity index (χ4v) is 1.45. The lowest BCUT2D eigenvalue weighted by atomic mass is 10.1.